The summed E-state index contributed by atoms with van der Waals surface area (Å²) < 4.78 is 40.1. The fourth-order valence-corrected chi connectivity index (χ4v) is 4.54. The van der Waals surface area contributed by atoms with Crippen LogP contribution >= 0.6 is 0 Å². The summed E-state index contributed by atoms with van der Waals surface area (Å²) in [6.45, 7) is 3.95. The molecule has 1 amide bonds. The van der Waals surface area contributed by atoms with Gasteiger partial charge in [0, 0.05) is 62.9 Å². The van der Waals surface area contributed by atoms with Gasteiger partial charge in [-0.05, 0) is 51.0 Å². The second kappa shape index (κ2) is 11.4. The second-order valence-electron chi connectivity index (χ2n) is 8.64. The first kappa shape index (κ1) is 23.4. The number of hydrogen-bond donors (Lipinski definition) is 1. The van der Waals surface area contributed by atoms with Gasteiger partial charge in [-0.2, -0.15) is 5.26 Å². The van der Waals surface area contributed by atoms with Crippen LogP contribution in [0.1, 0.15) is 51.4 Å². The molecule has 170 valence electrons. The number of nitrogens with one attached hydrogen (secondary N) is 1. The molecule has 0 unspecified atom stereocenters. The van der Waals surface area contributed by atoms with Gasteiger partial charge in [0.1, 0.15) is 0 Å². The number of benzene rings is 1. The van der Waals surface area contributed by atoms with Crippen molar-refractivity contribution in [3.63, 3.8) is 0 Å². The van der Waals surface area contributed by atoms with E-state index in [-0.39, 0.29) is 11.9 Å². The Morgan fingerprint density at radius 1 is 1.06 bits per heavy atom. The molecule has 0 radical (unpaired) electrons. The van der Waals surface area contributed by atoms with E-state index in [0.717, 1.165) is 63.9 Å². The zero-order valence-corrected chi connectivity index (χ0v) is 17.9. The number of piperazine rings is 1. The Morgan fingerprint density at radius 2 is 1.71 bits per heavy atom. The largest absolute Gasteiger partial charge is 0.369 e. The molecule has 1 aromatic carbocycles. The van der Waals surface area contributed by atoms with Crippen LogP contribution in [0.25, 0.3) is 0 Å². The highest BCUT2D eigenvalue weighted by Gasteiger charge is 2.24. The molecule has 1 saturated heterocycles. The van der Waals surface area contributed by atoms with Gasteiger partial charge in [-0.25, -0.2) is 13.2 Å². The van der Waals surface area contributed by atoms with Crippen LogP contribution < -0.4 is 10.2 Å². The molecule has 31 heavy (non-hydrogen) atoms. The zero-order valence-electron chi connectivity index (χ0n) is 17.9. The maximum absolute atomic E-state index is 13.5. The van der Waals surface area contributed by atoms with Crippen LogP contribution in [0.15, 0.2) is 12.1 Å². The van der Waals surface area contributed by atoms with Gasteiger partial charge >= 0.3 is 0 Å². The molecule has 1 N–H and O–H groups in total. The lowest BCUT2D eigenvalue weighted by molar-refractivity contribution is -0.122. The highest BCUT2D eigenvalue weighted by Crippen LogP contribution is 2.28. The number of nitrogens with zero attached hydrogens (tertiary/aromatic N) is 3. The quantitative estimate of drug-likeness (QED) is 0.495. The third-order valence-electron chi connectivity index (χ3n) is 6.46. The first-order valence-electron chi connectivity index (χ1n) is 11.2. The molecule has 2 aliphatic rings. The Labute approximate surface area is 182 Å². The van der Waals surface area contributed by atoms with Gasteiger partial charge in [0.15, 0.2) is 17.5 Å². The van der Waals surface area contributed by atoms with Crippen LogP contribution in [-0.2, 0) is 4.79 Å². The van der Waals surface area contributed by atoms with E-state index in [0.29, 0.717) is 44.0 Å². The molecule has 3 rings (SSSR count). The Hall–Kier alpha value is -2.27. The molecule has 1 aliphatic carbocycles. The molecule has 8 heteroatoms. The van der Waals surface area contributed by atoms with Crippen LogP contribution in [0.4, 0.5) is 18.9 Å². The van der Waals surface area contributed by atoms with Crippen LogP contribution in [0.3, 0.4) is 0 Å². The minimum absolute atomic E-state index is 0.0532. The number of hydrogen-bond acceptors (Lipinski definition) is 4. The monoisotopic (exact) mass is 436 g/mol. The SMILES string of the molecule is N#CCCCC(=O)N[C@H]1CC[C@H](CCN2CCN(c3cc(F)c(F)c(F)c3)CC2)CC1. The first-order valence-corrected chi connectivity index (χ1v) is 11.2. The lowest BCUT2D eigenvalue weighted by atomic mass is 9.84. The van der Waals surface area contributed by atoms with E-state index >= 15 is 0 Å². The molecule has 0 atom stereocenters. The summed E-state index contributed by atoms with van der Waals surface area (Å²) in [6.07, 6.45) is 6.81. The van der Waals surface area contributed by atoms with E-state index in [1.165, 1.54) is 0 Å². The van der Waals surface area contributed by atoms with Crippen molar-refractivity contribution in [2.45, 2.75) is 57.4 Å². The van der Waals surface area contributed by atoms with Crippen molar-refractivity contribution in [2.24, 2.45) is 5.92 Å². The van der Waals surface area contributed by atoms with E-state index in [4.69, 9.17) is 5.26 Å². The molecule has 1 aromatic rings. The molecule has 1 heterocycles. The average molecular weight is 437 g/mol. The maximum atomic E-state index is 13.5. The van der Waals surface area contributed by atoms with Gasteiger partial charge in [0.2, 0.25) is 5.91 Å². The number of unbranched alkanes of at least 4 members (excludes halogenated alkanes) is 1. The summed E-state index contributed by atoms with van der Waals surface area (Å²) in [5.41, 5.74) is 0.393. The van der Waals surface area contributed by atoms with Crippen molar-refractivity contribution in [1.82, 2.24) is 10.2 Å². The van der Waals surface area contributed by atoms with Gasteiger partial charge in [0.25, 0.3) is 0 Å². The number of carbonyl (C=O) groups is 1. The van der Waals surface area contributed by atoms with Crippen LogP contribution in [0, 0.1) is 34.7 Å². The fourth-order valence-electron chi connectivity index (χ4n) is 4.54. The molecular weight excluding hydrogens is 405 g/mol. The van der Waals surface area contributed by atoms with Crippen LogP contribution in [-0.4, -0.2) is 49.6 Å². The Bertz CT molecular complexity index is 759. The van der Waals surface area contributed by atoms with E-state index in [2.05, 4.69) is 16.3 Å². The van der Waals surface area contributed by atoms with Gasteiger partial charge in [-0.1, -0.05) is 0 Å². The summed E-state index contributed by atoms with van der Waals surface area (Å²) in [5, 5.41) is 11.6. The number of nitriles is 1. The number of anilines is 1. The minimum Gasteiger partial charge on any atom is -0.369 e. The number of carbonyl (C=O) groups excluding carboxylic acids is 1. The first-order chi connectivity index (χ1) is 15.0. The molecule has 0 bridgehead atoms. The fraction of sp³-hybridized carbons (Fsp3) is 0.652. The van der Waals surface area contributed by atoms with Crippen molar-refractivity contribution in [2.75, 3.05) is 37.6 Å². The van der Waals surface area contributed by atoms with E-state index in [1.54, 1.807) is 0 Å². The Balaban J connectivity index is 1.33. The van der Waals surface area contributed by atoms with Crippen LogP contribution in [0.2, 0.25) is 0 Å². The lowest BCUT2D eigenvalue weighted by Gasteiger charge is -2.37. The third kappa shape index (κ3) is 6.86. The van der Waals surface area contributed by atoms with E-state index in [1.807, 2.05) is 4.90 Å². The molecule has 0 spiro atoms. The summed E-state index contributed by atoms with van der Waals surface area (Å²) in [5.74, 6) is -3.00. The van der Waals surface area contributed by atoms with Gasteiger partial charge < -0.3 is 10.2 Å². The van der Waals surface area contributed by atoms with Crippen molar-refractivity contribution >= 4 is 11.6 Å². The smallest absolute Gasteiger partial charge is 0.220 e. The second-order valence-corrected chi connectivity index (χ2v) is 8.64. The molecule has 1 aliphatic heterocycles. The molecule has 2 fully saturated rings. The molecule has 5 nitrogen and oxygen atoms in total. The zero-order chi connectivity index (χ0) is 22.2. The maximum Gasteiger partial charge on any atom is 0.220 e. The number of halogens is 3. The van der Waals surface area contributed by atoms with Crippen molar-refractivity contribution < 1.29 is 18.0 Å². The minimum atomic E-state index is -1.42. The summed E-state index contributed by atoms with van der Waals surface area (Å²) in [6, 6.07) is 4.44. The molecule has 0 aromatic heterocycles. The van der Waals surface area contributed by atoms with E-state index < -0.39 is 17.5 Å². The Morgan fingerprint density at radius 3 is 2.32 bits per heavy atom. The molecular formula is C23H31F3N4O. The average Bonchev–Trinajstić information content (AvgIpc) is 2.77. The normalized spacial score (nSPS) is 22.2. The van der Waals surface area contributed by atoms with Crippen molar-refractivity contribution in [3.8, 4) is 6.07 Å². The van der Waals surface area contributed by atoms with E-state index in [9.17, 15) is 18.0 Å². The predicted octanol–water partition coefficient (Wildman–Crippen LogP) is 3.98. The lowest BCUT2D eigenvalue weighted by Crippen LogP contribution is -2.47. The number of rotatable bonds is 8. The van der Waals surface area contributed by atoms with Gasteiger partial charge in [-0.15, -0.1) is 0 Å². The van der Waals surface area contributed by atoms with Gasteiger partial charge in [-0.3, -0.25) is 9.69 Å². The topological polar surface area (TPSA) is 59.4 Å². The summed E-state index contributed by atoms with van der Waals surface area (Å²) in [7, 11) is 0. The predicted molar refractivity (Wildman–Crippen MR) is 113 cm³/mol. The van der Waals surface area contributed by atoms with Gasteiger partial charge in [0.05, 0.1) is 6.07 Å². The standard InChI is InChI=1S/C23H31F3N4O/c24-20-15-19(16-21(25)23(20)26)30-13-11-29(12-14-30)10-8-17-4-6-18(7-5-17)28-22(31)3-1-2-9-27/h15-18H,1-8,10-14H2,(H,28,31)/t17-,18-. The number of amides is 1. The third-order valence-corrected chi connectivity index (χ3v) is 6.46. The molecule has 1 saturated carbocycles. The summed E-state index contributed by atoms with van der Waals surface area (Å²) in [4.78, 5) is 16.2. The highest BCUT2D eigenvalue weighted by atomic mass is 19.2. The van der Waals surface area contributed by atoms with Crippen molar-refractivity contribution in [1.29, 1.82) is 5.26 Å². The highest BCUT2D eigenvalue weighted by molar-refractivity contribution is 5.76. The Kier molecular flexibility index (Phi) is 8.59. The summed E-state index contributed by atoms with van der Waals surface area (Å²) >= 11 is 0. The van der Waals surface area contributed by atoms with Crippen LogP contribution in [0.5, 0.6) is 0 Å². The van der Waals surface area contributed by atoms with Crippen molar-refractivity contribution in [3.05, 3.63) is 29.6 Å².